The minimum atomic E-state index is -4.77. The molecule has 2 aromatic heterocycles. The van der Waals surface area contributed by atoms with Gasteiger partial charge in [0, 0.05) is 25.7 Å². The van der Waals surface area contributed by atoms with Gasteiger partial charge >= 0.3 is 6.36 Å². The molecule has 0 atom stereocenters. The number of aromatic nitrogens is 3. The molecule has 0 saturated heterocycles. The first kappa shape index (κ1) is 22.3. The molecular weight excluding hydrogens is 461 g/mol. The topological polar surface area (TPSA) is 110 Å². The Balaban J connectivity index is 1.56. The van der Waals surface area contributed by atoms with Crippen molar-refractivity contribution in [1.82, 2.24) is 25.2 Å². The summed E-state index contributed by atoms with van der Waals surface area (Å²) in [5.74, 6) is -0.626. The molecule has 3 N–H and O–H groups in total. The van der Waals surface area contributed by atoms with Gasteiger partial charge < -0.3 is 25.3 Å². The van der Waals surface area contributed by atoms with Gasteiger partial charge in [0.25, 0.3) is 5.91 Å². The molecule has 33 heavy (non-hydrogen) atoms. The zero-order valence-electron chi connectivity index (χ0n) is 17.3. The second-order valence-corrected chi connectivity index (χ2v) is 7.91. The fourth-order valence-electron chi connectivity index (χ4n) is 3.06. The van der Waals surface area contributed by atoms with Gasteiger partial charge in [0.1, 0.15) is 5.75 Å². The van der Waals surface area contributed by atoms with Crippen LogP contribution in [0.3, 0.4) is 0 Å². The Labute approximate surface area is 188 Å². The molecule has 0 saturated carbocycles. The molecule has 4 rings (SSSR count). The molecule has 0 bridgehead atoms. The largest absolute Gasteiger partial charge is 0.573 e. The summed E-state index contributed by atoms with van der Waals surface area (Å²) in [6.07, 6.45) is -4.77. The maximum Gasteiger partial charge on any atom is 0.573 e. The van der Waals surface area contributed by atoms with Crippen molar-refractivity contribution in [3.05, 3.63) is 42.0 Å². The number of anilines is 2. The number of nitrogens with one attached hydrogen (secondary N) is 3. The Morgan fingerprint density at radius 1 is 1.12 bits per heavy atom. The molecule has 2 heterocycles. The highest BCUT2D eigenvalue weighted by Gasteiger charge is 2.31. The first-order valence-corrected chi connectivity index (χ1v) is 10.3. The van der Waals surface area contributed by atoms with Gasteiger partial charge in [0.15, 0.2) is 5.13 Å². The number of ether oxygens (including phenoxy) is 1. The van der Waals surface area contributed by atoms with E-state index in [1.165, 1.54) is 25.2 Å². The highest BCUT2D eigenvalue weighted by atomic mass is 32.1. The average Bonchev–Trinajstić information content (AvgIpc) is 3.30. The minimum absolute atomic E-state index is 0.143. The number of hydrogen-bond donors (Lipinski definition) is 3. The normalized spacial score (nSPS) is 11.5. The lowest BCUT2D eigenvalue weighted by atomic mass is 10.2. The number of halogens is 3. The van der Waals surface area contributed by atoms with Crippen LogP contribution < -0.4 is 20.7 Å². The average molecular weight is 478 g/mol. The molecule has 2 aromatic carbocycles. The fourth-order valence-corrected chi connectivity index (χ4v) is 3.94. The molecule has 2 amide bonds. The van der Waals surface area contributed by atoms with Gasteiger partial charge in [-0.05, 0) is 30.3 Å². The van der Waals surface area contributed by atoms with Gasteiger partial charge in [0.05, 0.1) is 27.8 Å². The van der Waals surface area contributed by atoms with Gasteiger partial charge in [-0.2, -0.15) is 0 Å². The predicted molar refractivity (Wildman–Crippen MR) is 117 cm³/mol. The third-order valence-electron chi connectivity index (χ3n) is 4.64. The lowest BCUT2D eigenvalue weighted by Gasteiger charge is -2.07. The molecule has 0 fully saturated rings. The van der Waals surface area contributed by atoms with Crippen LogP contribution in [-0.2, 0) is 11.8 Å². The van der Waals surface area contributed by atoms with E-state index in [-0.39, 0.29) is 18.2 Å². The van der Waals surface area contributed by atoms with E-state index in [0.29, 0.717) is 32.4 Å². The zero-order valence-corrected chi connectivity index (χ0v) is 18.1. The molecule has 0 spiro atoms. The monoisotopic (exact) mass is 478 g/mol. The number of amides is 2. The number of carbonyl (C=O) groups excluding carboxylic acids is 2. The molecule has 0 aliphatic heterocycles. The van der Waals surface area contributed by atoms with Crippen molar-refractivity contribution < 1.29 is 27.5 Å². The van der Waals surface area contributed by atoms with E-state index in [0.717, 1.165) is 16.9 Å². The molecule has 4 aromatic rings. The summed E-state index contributed by atoms with van der Waals surface area (Å²) in [7, 11) is 3.25. The number of imidazole rings is 1. The second-order valence-electron chi connectivity index (χ2n) is 6.88. The van der Waals surface area contributed by atoms with Crippen LogP contribution in [-0.4, -0.2) is 46.3 Å². The minimum Gasteiger partial charge on any atom is -0.406 e. The van der Waals surface area contributed by atoms with Crippen LogP contribution in [0.4, 0.5) is 24.3 Å². The predicted octanol–water partition coefficient (Wildman–Crippen LogP) is 3.30. The van der Waals surface area contributed by atoms with Crippen molar-refractivity contribution >= 4 is 55.5 Å². The van der Waals surface area contributed by atoms with Crippen LogP contribution in [0.5, 0.6) is 5.75 Å². The number of nitrogens with zero attached hydrogens (tertiary/aromatic N) is 3. The molecule has 0 unspecified atom stereocenters. The SMILES string of the molecule is CNC(=O)CNC(=O)c1ccc2c(c1)nc(Nc1nc3ccc(OC(F)(F)F)cc3s1)n2C. The van der Waals surface area contributed by atoms with E-state index in [1.54, 1.807) is 29.8 Å². The number of hydrogen-bond acceptors (Lipinski definition) is 7. The van der Waals surface area contributed by atoms with E-state index in [4.69, 9.17) is 0 Å². The summed E-state index contributed by atoms with van der Waals surface area (Å²) in [6, 6.07) is 8.85. The Morgan fingerprint density at radius 3 is 2.64 bits per heavy atom. The number of aryl methyl sites for hydroxylation is 1. The quantitative estimate of drug-likeness (QED) is 0.392. The first-order chi connectivity index (χ1) is 15.6. The van der Waals surface area contributed by atoms with Crippen LogP contribution in [0.1, 0.15) is 10.4 Å². The number of rotatable bonds is 6. The second kappa shape index (κ2) is 8.58. The summed E-state index contributed by atoms with van der Waals surface area (Å²) < 4.78 is 43.6. The molecule has 0 aliphatic rings. The smallest absolute Gasteiger partial charge is 0.406 e. The summed E-state index contributed by atoms with van der Waals surface area (Å²) in [6.45, 7) is -0.143. The van der Waals surface area contributed by atoms with Crippen molar-refractivity contribution in [3.63, 3.8) is 0 Å². The van der Waals surface area contributed by atoms with E-state index in [2.05, 4.69) is 30.7 Å². The number of carbonyl (C=O) groups is 2. The number of benzene rings is 2. The summed E-state index contributed by atoms with van der Waals surface area (Å²) in [5.41, 5.74) is 2.12. The maximum atomic E-state index is 12.5. The molecule has 9 nitrogen and oxygen atoms in total. The van der Waals surface area contributed by atoms with Crippen molar-refractivity contribution in [2.45, 2.75) is 6.36 Å². The van der Waals surface area contributed by atoms with Gasteiger partial charge in [-0.25, -0.2) is 9.97 Å². The Hall–Kier alpha value is -3.87. The summed E-state index contributed by atoms with van der Waals surface area (Å²) in [5, 5.41) is 8.42. The number of fused-ring (bicyclic) bond motifs is 2. The third-order valence-corrected chi connectivity index (χ3v) is 5.58. The molecule has 172 valence electrons. The van der Waals surface area contributed by atoms with Crippen LogP contribution in [0.15, 0.2) is 36.4 Å². The lowest BCUT2D eigenvalue weighted by Crippen LogP contribution is -2.35. The molecule has 13 heteroatoms. The van der Waals surface area contributed by atoms with Crippen molar-refractivity contribution in [2.24, 2.45) is 7.05 Å². The lowest BCUT2D eigenvalue weighted by molar-refractivity contribution is -0.274. The van der Waals surface area contributed by atoms with Crippen molar-refractivity contribution in [2.75, 3.05) is 18.9 Å². The standard InChI is InChI=1S/C20H17F3N6O3S/c1-24-16(30)9-25-17(31)10-3-6-14-13(7-10)26-18(29(14)2)28-19-27-12-5-4-11(8-15(12)33-19)32-20(21,22)23/h3-8H,9H2,1-2H3,(H,24,30)(H,25,31)(H,26,27,28). The van der Waals surface area contributed by atoms with E-state index in [9.17, 15) is 22.8 Å². The van der Waals surface area contributed by atoms with E-state index < -0.39 is 12.3 Å². The first-order valence-electron chi connectivity index (χ1n) is 9.51. The zero-order chi connectivity index (χ0) is 23.8. The Morgan fingerprint density at radius 2 is 1.91 bits per heavy atom. The van der Waals surface area contributed by atoms with Crippen LogP contribution in [0.25, 0.3) is 21.3 Å². The highest BCUT2D eigenvalue weighted by molar-refractivity contribution is 7.22. The Kier molecular flexibility index (Phi) is 5.80. The number of thiazole rings is 1. The van der Waals surface area contributed by atoms with Gasteiger partial charge in [-0.3, -0.25) is 9.59 Å². The molecule has 0 radical (unpaired) electrons. The Bertz CT molecular complexity index is 1360. The van der Waals surface area contributed by atoms with E-state index in [1.807, 2.05) is 0 Å². The van der Waals surface area contributed by atoms with Crippen LogP contribution in [0.2, 0.25) is 0 Å². The fraction of sp³-hybridized carbons (Fsp3) is 0.200. The van der Waals surface area contributed by atoms with Crippen molar-refractivity contribution in [1.29, 1.82) is 0 Å². The molecular formula is C20H17F3N6O3S. The number of alkyl halides is 3. The van der Waals surface area contributed by atoms with Crippen molar-refractivity contribution in [3.8, 4) is 5.75 Å². The molecule has 0 aliphatic carbocycles. The highest BCUT2D eigenvalue weighted by Crippen LogP contribution is 2.33. The number of likely N-dealkylation sites (N-methyl/N-ethyl adjacent to an activating group) is 1. The van der Waals surface area contributed by atoms with Gasteiger partial charge in [-0.1, -0.05) is 11.3 Å². The summed E-state index contributed by atoms with van der Waals surface area (Å²) in [4.78, 5) is 32.4. The maximum absolute atomic E-state index is 12.5. The van der Waals surface area contributed by atoms with Crippen LogP contribution in [0, 0.1) is 0 Å². The third kappa shape index (κ3) is 4.98. The van der Waals surface area contributed by atoms with Crippen LogP contribution >= 0.6 is 11.3 Å². The summed E-state index contributed by atoms with van der Waals surface area (Å²) >= 11 is 1.15. The van der Waals surface area contributed by atoms with Gasteiger partial charge in [-0.15, -0.1) is 13.2 Å². The van der Waals surface area contributed by atoms with Gasteiger partial charge in [0.2, 0.25) is 11.9 Å². The van der Waals surface area contributed by atoms with E-state index >= 15 is 0 Å².